The lowest BCUT2D eigenvalue weighted by atomic mass is 9.95. The molecule has 7 heteroatoms. The van der Waals surface area contributed by atoms with E-state index in [0.29, 0.717) is 30.9 Å². The molecular weight excluding hydrogens is 450 g/mol. The van der Waals surface area contributed by atoms with E-state index < -0.39 is 0 Å². The fraction of sp³-hybridized carbons (Fsp3) is 0.586. The number of piperazine rings is 1. The van der Waals surface area contributed by atoms with Crippen LogP contribution in [0.4, 0.5) is 11.5 Å². The number of anilines is 2. The van der Waals surface area contributed by atoms with Crippen LogP contribution in [0.3, 0.4) is 0 Å². The molecule has 1 aromatic carbocycles. The Morgan fingerprint density at radius 3 is 2.36 bits per heavy atom. The van der Waals surface area contributed by atoms with Crippen molar-refractivity contribution in [3.8, 4) is 0 Å². The minimum atomic E-state index is -0.0516. The van der Waals surface area contributed by atoms with E-state index in [4.69, 9.17) is 9.97 Å². The Morgan fingerprint density at radius 2 is 1.64 bits per heavy atom. The van der Waals surface area contributed by atoms with Crippen LogP contribution in [0.15, 0.2) is 30.3 Å². The first-order valence-corrected chi connectivity index (χ1v) is 13.6. The van der Waals surface area contributed by atoms with Gasteiger partial charge in [-0.3, -0.25) is 14.5 Å². The van der Waals surface area contributed by atoms with Gasteiger partial charge in [0.25, 0.3) is 0 Å². The molecule has 1 amide bonds. The fourth-order valence-corrected chi connectivity index (χ4v) is 5.16. The monoisotopic (exact) mass is 489 g/mol. The lowest BCUT2D eigenvalue weighted by molar-refractivity contribution is -0.118. The molecule has 1 aliphatic carbocycles. The highest BCUT2D eigenvalue weighted by molar-refractivity contribution is 6.10. The third kappa shape index (κ3) is 5.61. The lowest BCUT2D eigenvalue weighted by Crippen LogP contribution is -2.47. The van der Waals surface area contributed by atoms with Crippen LogP contribution in [-0.4, -0.2) is 65.8 Å². The SMILES string of the molecule is CC(C)(C)c1nc(C2CC2)cc(N2CCN(CCCCN3C(=O)CCC(=O)c4ccccc43)CC2)n1. The first kappa shape index (κ1) is 24.9. The lowest BCUT2D eigenvalue weighted by Gasteiger charge is -2.36. The van der Waals surface area contributed by atoms with Gasteiger partial charge in [-0.1, -0.05) is 32.9 Å². The summed E-state index contributed by atoms with van der Waals surface area (Å²) in [5, 5.41) is 0. The molecule has 3 aliphatic rings. The molecule has 3 heterocycles. The molecule has 0 N–H and O–H groups in total. The van der Waals surface area contributed by atoms with Gasteiger partial charge in [-0.2, -0.15) is 0 Å². The second kappa shape index (κ2) is 10.3. The standard InChI is InChI=1S/C29H39N5O2/c1-29(2,3)28-30-23(21-10-11-21)20-26(31-28)33-18-16-32(17-19-33)14-6-7-15-34-24-9-5-4-8-22(24)25(35)12-13-27(34)36/h4-5,8-9,20-21H,6-7,10-19H2,1-3H3. The van der Waals surface area contributed by atoms with Gasteiger partial charge < -0.3 is 9.80 Å². The summed E-state index contributed by atoms with van der Waals surface area (Å²) >= 11 is 0. The summed E-state index contributed by atoms with van der Waals surface area (Å²) in [4.78, 5) is 41.7. The van der Waals surface area contributed by atoms with E-state index in [1.54, 1.807) is 0 Å². The number of ketones is 1. The number of para-hydroxylation sites is 1. The summed E-state index contributed by atoms with van der Waals surface area (Å²) in [6.07, 6.45) is 5.07. The zero-order chi connectivity index (χ0) is 25.3. The van der Waals surface area contributed by atoms with E-state index in [1.165, 1.54) is 18.5 Å². The molecule has 1 saturated carbocycles. The maximum Gasteiger partial charge on any atom is 0.227 e. The van der Waals surface area contributed by atoms with Crippen LogP contribution in [0.2, 0.25) is 0 Å². The maximum absolute atomic E-state index is 12.7. The molecular formula is C29H39N5O2. The highest BCUT2D eigenvalue weighted by Gasteiger charge is 2.30. The van der Waals surface area contributed by atoms with Gasteiger partial charge in [-0.05, 0) is 44.4 Å². The van der Waals surface area contributed by atoms with Gasteiger partial charge in [-0.25, -0.2) is 9.97 Å². The van der Waals surface area contributed by atoms with Crippen LogP contribution in [0.1, 0.15) is 87.1 Å². The first-order valence-electron chi connectivity index (χ1n) is 13.6. The van der Waals surface area contributed by atoms with Crippen LogP contribution < -0.4 is 9.80 Å². The number of fused-ring (bicyclic) bond motifs is 1. The Labute approximate surface area is 214 Å². The molecule has 0 spiro atoms. The summed E-state index contributed by atoms with van der Waals surface area (Å²) in [5.41, 5.74) is 2.63. The molecule has 0 atom stereocenters. The van der Waals surface area contributed by atoms with Crippen molar-refractivity contribution in [2.75, 3.05) is 49.1 Å². The minimum absolute atomic E-state index is 0.0516. The van der Waals surface area contributed by atoms with Crippen LogP contribution in [0, 0.1) is 0 Å². The fourth-order valence-electron chi connectivity index (χ4n) is 5.16. The zero-order valence-electron chi connectivity index (χ0n) is 22.0. The maximum atomic E-state index is 12.7. The molecule has 2 aliphatic heterocycles. The highest BCUT2D eigenvalue weighted by atomic mass is 16.2. The topological polar surface area (TPSA) is 69.6 Å². The van der Waals surface area contributed by atoms with Gasteiger partial charge in [-0.15, -0.1) is 0 Å². The Morgan fingerprint density at radius 1 is 0.917 bits per heavy atom. The number of aromatic nitrogens is 2. The number of amides is 1. The minimum Gasteiger partial charge on any atom is -0.354 e. The molecule has 1 aromatic heterocycles. The summed E-state index contributed by atoms with van der Waals surface area (Å²) in [6.45, 7) is 12.3. The van der Waals surface area contributed by atoms with E-state index in [0.717, 1.165) is 62.9 Å². The summed E-state index contributed by atoms with van der Waals surface area (Å²) in [5.74, 6) is 2.80. The van der Waals surface area contributed by atoms with Crippen molar-refractivity contribution in [2.24, 2.45) is 0 Å². The number of carbonyl (C=O) groups is 2. The van der Waals surface area contributed by atoms with Crippen molar-refractivity contribution < 1.29 is 9.59 Å². The van der Waals surface area contributed by atoms with Crippen molar-refractivity contribution in [3.05, 3.63) is 47.4 Å². The molecule has 0 bridgehead atoms. The summed E-state index contributed by atoms with van der Waals surface area (Å²) < 4.78 is 0. The van der Waals surface area contributed by atoms with Crippen LogP contribution in [0.5, 0.6) is 0 Å². The third-order valence-electron chi connectivity index (χ3n) is 7.56. The van der Waals surface area contributed by atoms with E-state index in [1.807, 2.05) is 29.2 Å². The second-order valence-electron chi connectivity index (χ2n) is 11.5. The second-order valence-corrected chi connectivity index (χ2v) is 11.5. The summed E-state index contributed by atoms with van der Waals surface area (Å²) in [7, 11) is 0. The van der Waals surface area contributed by atoms with Crippen LogP contribution >= 0.6 is 0 Å². The van der Waals surface area contributed by atoms with E-state index >= 15 is 0 Å². The number of nitrogens with zero attached hydrogens (tertiary/aromatic N) is 5. The average molecular weight is 490 g/mol. The number of hydrogen-bond acceptors (Lipinski definition) is 6. The summed E-state index contributed by atoms with van der Waals surface area (Å²) in [6, 6.07) is 9.76. The number of Topliss-reactive ketones (excluding diaryl/α,β-unsaturated/α-hetero) is 1. The van der Waals surface area contributed by atoms with Gasteiger partial charge >= 0.3 is 0 Å². The Hall–Kier alpha value is -2.80. The smallest absolute Gasteiger partial charge is 0.227 e. The molecule has 2 fully saturated rings. The number of rotatable bonds is 7. The van der Waals surface area contributed by atoms with Crippen molar-refractivity contribution in [1.29, 1.82) is 0 Å². The largest absolute Gasteiger partial charge is 0.354 e. The van der Waals surface area contributed by atoms with Crippen molar-refractivity contribution in [2.45, 2.75) is 70.6 Å². The van der Waals surface area contributed by atoms with Gasteiger partial charge in [0.15, 0.2) is 5.78 Å². The van der Waals surface area contributed by atoms with E-state index in [-0.39, 0.29) is 17.1 Å². The molecule has 7 nitrogen and oxygen atoms in total. The number of benzene rings is 1. The van der Waals surface area contributed by atoms with E-state index in [9.17, 15) is 9.59 Å². The van der Waals surface area contributed by atoms with Crippen LogP contribution in [0.25, 0.3) is 0 Å². The molecule has 0 radical (unpaired) electrons. The normalized spacial score (nSPS) is 19.4. The van der Waals surface area contributed by atoms with Gasteiger partial charge in [0.2, 0.25) is 5.91 Å². The van der Waals surface area contributed by atoms with E-state index in [2.05, 4.69) is 36.6 Å². The van der Waals surface area contributed by atoms with Crippen molar-refractivity contribution >= 4 is 23.2 Å². The first-order chi connectivity index (χ1) is 17.3. The molecule has 2 aromatic rings. The van der Waals surface area contributed by atoms with Gasteiger partial charge in [0, 0.05) is 74.2 Å². The van der Waals surface area contributed by atoms with Crippen molar-refractivity contribution in [1.82, 2.24) is 14.9 Å². The Bertz CT molecular complexity index is 1110. The predicted octanol–water partition coefficient (Wildman–Crippen LogP) is 4.56. The van der Waals surface area contributed by atoms with Crippen LogP contribution in [-0.2, 0) is 10.2 Å². The van der Waals surface area contributed by atoms with Gasteiger partial charge in [0.05, 0.1) is 5.69 Å². The van der Waals surface area contributed by atoms with Gasteiger partial charge in [0.1, 0.15) is 11.6 Å². The molecule has 192 valence electrons. The molecule has 5 rings (SSSR count). The molecule has 0 unspecified atom stereocenters. The predicted molar refractivity (Wildman–Crippen MR) is 143 cm³/mol. The number of unbranched alkanes of at least 4 members (excludes halogenated alkanes) is 1. The Balaban J connectivity index is 1.13. The molecule has 1 saturated heterocycles. The number of hydrogen-bond donors (Lipinski definition) is 0. The third-order valence-corrected chi connectivity index (χ3v) is 7.56. The highest BCUT2D eigenvalue weighted by Crippen LogP contribution is 2.40. The average Bonchev–Trinajstić information content (AvgIpc) is 3.73. The number of carbonyl (C=O) groups excluding carboxylic acids is 2. The Kier molecular flexibility index (Phi) is 7.11. The zero-order valence-corrected chi connectivity index (χ0v) is 22.0. The molecule has 36 heavy (non-hydrogen) atoms. The quantitative estimate of drug-likeness (QED) is 0.531. The van der Waals surface area contributed by atoms with Crippen molar-refractivity contribution in [3.63, 3.8) is 0 Å².